The molecule has 2 unspecified atom stereocenters. The first-order valence-electron chi connectivity index (χ1n) is 12.3. The van der Waals surface area contributed by atoms with Crippen molar-refractivity contribution in [1.29, 1.82) is 0 Å². The number of hydrogen-bond acceptors (Lipinski definition) is 0. The Kier molecular flexibility index (Phi) is 17.8. The SMILES string of the molecule is CCCCC(C)=CCCC(C)CCCCC(C)CCC=C(C)CCC=C(C)C. The van der Waals surface area contributed by atoms with E-state index in [2.05, 4.69) is 66.7 Å². The van der Waals surface area contributed by atoms with Crippen molar-refractivity contribution in [2.24, 2.45) is 11.8 Å². The van der Waals surface area contributed by atoms with Gasteiger partial charge in [-0.1, -0.05) is 87.8 Å². The van der Waals surface area contributed by atoms with Gasteiger partial charge in [0.2, 0.25) is 0 Å². The van der Waals surface area contributed by atoms with Gasteiger partial charge in [-0.3, -0.25) is 0 Å². The predicted octanol–water partition coefficient (Wildman–Crippen LogP) is 10.2. The summed E-state index contributed by atoms with van der Waals surface area (Å²) in [7, 11) is 0. The number of rotatable bonds is 17. The Hall–Kier alpha value is -0.780. The molecule has 0 bridgehead atoms. The van der Waals surface area contributed by atoms with Gasteiger partial charge in [-0.15, -0.1) is 0 Å². The third-order valence-corrected chi connectivity index (χ3v) is 5.96. The van der Waals surface area contributed by atoms with E-state index in [0.29, 0.717) is 0 Å². The first kappa shape index (κ1) is 27.2. The molecule has 0 aromatic heterocycles. The van der Waals surface area contributed by atoms with E-state index in [9.17, 15) is 0 Å². The van der Waals surface area contributed by atoms with Crippen LogP contribution in [0, 0.1) is 11.8 Å². The molecule has 2 atom stereocenters. The van der Waals surface area contributed by atoms with Crippen molar-refractivity contribution in [2.75, 3.05) is 0 Å². The van der Waals surface area contributed by atoms with Crippen molar-refractivity contribution in [3.05, 3.63) is 34.9 Å². The van der Waals surface area contributed by atoms with Crippen molar-refractivity contribution in [3.63, 3.8) is 0 Å². The third-order valence-electron chi connectivity index (χ3n) is 5.96. The Morgan fingerprint density at radius 1 is 0.607 bits per heavy atom. The molecule has 0 N–H and O–H groups in total. The smallest absolute Gasteiger partial charge is 0.0288 e. The van der Waals surface area contributed by atoms with E-state index in [-0.39, 0.29) is 0 Å². The highest BCUT2D eigenvalue weighted by Crippen LogP contribution is 2.20. The van der Waals surface area contributed by atoms with Crippen LogP contribution in [0.2, 0.25) is 0 Å². The molecule has 0 saturated heterocycles. The van der Waals surface area contributed by atoms with E-state index in [0.717, 1.165) is 11.8 Å². The summed E-state index contributed by atoms with van der Waals surface area (Å²) in [6.45, 7) is 16.2. The zero-order valence-electron chi connectivity index (χ0n) is 20.6. The lowest BCUT2D eigenvalue weighted by atomic mass is 9.93. The molecule has 0 nitrogen and oxygen atoms in total. The van der Waals surface area contributed by atoms with Crippen LogP contribution in [0.5, 0.6) is 0 Å². The van der Waals surface area contributed by atoms with Crippen LogP contribution in [-0.2, 0) is 0 Å². The summed E-state index contributed by atoms with van der Waals surface area (Å²) < 4.78 is 0. The van der Waals surface area contributed by atoms with E-state index in [1.165, 1.54) is 89.0 Å². The maximum Gasteiger partial charge on any atom is -0.0288 e. The highest BCUT2D eigenvalue weighted by atomic mass is 14.1. The maximum atomic E-state index is 2.49. The monoisotopic (exact) mass is 388 g/mol. The van der Waals surface area contributed by atoms with Crippen LogP contribution in [0.15, 0.2) is 34.9 Å². The molecule has 0 fully saturated rings. The lowest BCUT2D eigenvalue weighted by Crippen LogP contribution is -1.97. The molecule has 0 spiro atoms. The quantitative estimate of drug-likeness (QED) is 0.172. The first-order chi connectivity index (χ1) is 13.3. The van der Waals surface area contributed by atoms with Crippen LogP contribution in [-0.4, -0.2) is 0 Å². The number of allylic oxidation sites excluding steroid dienone is 6. The topological polar surface area (TPSA) is 0 Å². The van der Waals surface area contributed by atoms with Crippen LogP contribution in [0.1, 0.15) is 132 Å². The second-order valence-corrected chi connectivity index (χ2v) is 9.67. The normalized spacial score (nSPS) is 14.8. The van der Waals surface area contributed by atoms with Crippen molar-refractivity contribution >= 4 is 0 Å². The molecule has 0 heteroatoms. The molecule has 0 aromatic rings. The molecule has 0 heterocycles. The molecule has 0 aliphatic heterocycles. The third kappa shape index (κ3) is 18.6. The standard InChI is InChI=1S/C28H52/c1-8-9-16-25(4)20-13-21-26(5)17-10-11-18-27(6)22-14-23-28(7)19-12-15-24(2)3/h15,20,23,26-27H,8-14,16-19,21-22H2,1-7H3. The molecule has 164 valence electrons. The molecule has 0 aliphatic rings. The first-order valence-corrected chi connectivity index (χ1v) is 12.3. The van der Waals surface area contributed by atoms with Crippen molar-refractivity contribution in [1.82, 2.24) is 0 Å². The summed E-state index contributed by atoms with van der Waals surface area (Å²) in [6.07, 6.45) is 24.6. The van der Waals surface area contributed by atoms with Gasteiger partial charge in [0.05, 0.1) is 0 Å². The lowest BCUT2D eigenvalue weighted by molar-refractivity contribution is 0.423. The van der Waals surface area contributed by atoms with E-state index < -0.39 is 0 Å². The zero-order chi connectivity index (χ0) is 21.2. The second-order valence-electron chi connectivity index (χ2n) is 9.67. The van der Waals surface area contributed by atoms with Gasteiger partial charge in [0.1, 0.15) is 0 Å². The van der Waals surface area contributed by atoms with Gasteiger partial charge in [0, 0.05) is 0 Å². The molecule has 0 aliphatic carbocycles. The van der Waals surface area contributed by atoms with Crippen LogP contribution in [0.4, 0.5) is 0 Å². The number of unbranched alkanes of at least 4 members (excludes halogenated alkanes) is 2. The van der Waals surface area contributed by atoms with Crippen LogP contribution < -0.4 is 0 Å². The Labute approximate surface area is 179 Å². The predicted molar refractivity (Wildman–Crippen MR) is 131 cm³/mol. The summed E-state index contributed by atoms with van der Waals surface area (Å²) in [4.78, 5) is 0. The van der Waals surface area contributed by atoms with Gasteiger partial charge in [-0.05, 0) is 90.9 Å². The van der Waals surface area contributed by atoms with Gasteiger partial charge >= 0.3 is 0 Å². The molecule has 28 heavy (non-hydrogen) atoms. The van der Waals surface area contributed by atoms with Crippen LogP contribution in [0.25, 0.3) is 0 Å². The highest BCUT2D eigenvalue weighted by molar-refractivity contribution is 5.02. The Morgan fingerprint density at radius 3 is 1.57 bits per heavy atom. The fourth-order valence-electron chi connectivity index (χ4n) is 3.75. The minimum Gasteiger partial charge on any atom is -0.0856 e. The van der Waals surface area contributed by atoms with E-state index >= 15 is 0 Å². The average Bonchev–Trinajstić information content (AvgIpc) is 2.63. The van der Waals surface area contributed by atoms with Gasteiger partial charge in [0.15, 0.2) is 0 Å². The summed E-state index contributed by atoms with van der Waals surface area (Å²) in [6, 6.07) is 0. The fraction of sp³-hybridized carbons (Fsp3) is 0.786. The molecule has 0 radical (unpaired) electrons. The van der Waals surface area contributed by atoms with Crippen molar-refractivity contribution in [3.8, 4) is 0 Å². The molecule has 0 amide bonds. The molecular formula is C28H52. The van der Waals surface area contributed by atoms with Gasteiger partial charge in [-0.25, -0.2) is 0 Å². The summed E-state index contributed by atoms with van der Waals surface area (Å²) in [5.41, 5.74) is 4.61. The molecule has 0 aromatic carbocycles. The maximum absolute atomic E-state index is 2.49. The highest BCUT2D eigenvalue weighted by Gasteiger charge is 2.04. The minimum atomic E-state index is 0.876. The van der Waals surface area contributed by atoms with Gasteiger partial charge in [-0.2, -0.15) is 0 Å². The summed E-state index contributed by atoms with van der Waals surface area (Å²) in [5, 5.41) is 0. The largest absolute Gasteiger partial charge is 0.0856 e. The Morgan fingerprint density at radius 2 is 1.11 bits per heavy atom. The van der Waals surface area contributed by atoms with Crippen molar-refractivity contribution < 1.29 is 0 Å². The van der Waals surface area contributed by atoms with Crippen molar-refractivity contribution in [2.45, 2.75) is 132 Å². The lowest BCUT2D eigenvalue weighted by Gasteiger charge is -2.13. The fourth-order valence-corrected chi connectivity index (χ4v) is 3.75. The number of hydrogen-bond donors (Lipinski definition) is 0. The Bertz CT molecular complexity index is 445. The van der Waals surface area contributed by atoms with Crippen LogP contribution in [0.3, 0.4) is 0 Å². The van der Waals surface area contributed by atoms with Crippen LogP contribution >= 0.6 is 0 Å². The zero-order valence-corrected chi connectivity index (χ0v) is 20.6. The van der Waals surface area contributed by atoms with Gasteiger partial charge in [0.25, 0.3) is 0 Å². The molecular weight excluding hydrogens is 336 g/mol. The summed E-state index contributed by atoms with van der Waals surface area (Å²) >= 11 is 0. The van der Waals surface area contributed by atoms with E-state index in [1.54, 1.807) is 11.1 Å². The summed E-state index contributed by atoms with van der Waals surface area (Å²) in [5.74, 6) is 1.76. The van der Waals surface area contributed by atoms with E-state index in [1.807, 2.05) is 0 Å². The minimum absolute atomic E-state index is 0.876. The van der Waals surface area contributed by atoms with E-state index in [4.69, 9.17) is 0 Å². The average molecular weight is 389 g/mol. The Balaban J connectivity index is 3.72. The molecule has 0 saturated carbocycles. The molecule has 0 rings (SSSR count). The van der Waals surface area contributed by atoms with Gasteiger partial charge < -0.3 is 0 Å². The second kappa shape index (κ2) is 18.3.